The van der Waals surface area contributed by atoms with E-state index in [2.05, 4.69) is 31.0 Å². The summed E-state index contributed by atoms with van der Waals surface area (Å²) in [6.45, 7) is 8.29. The van der Waals surface area contributed by atoms with Crippen molar-refractivity contribution < 1.29 is 4.39 Å². The average Bonchev–Trinajstić information content (AvgIpc) is 2.35. The average molecular weight is 305 g/mol. The Morgan fingerprint density at radius 2 is 1.89 bits per heavy atom. The number of nitrogens with zero attached hydrogens (tertiary/aromatic N) is 1. The van der Waals surface area contributed by atoms with Crippen molar-refractivity contribution in [3.05, 3.63) is 28.0 Å². The minimum absolute atomic E-state index is 0.0781. The molecule has 2 atom stereocenters. The van der Waals surface area contributed by atoms with Gasteiger partial charge in [0.25, 0.3) is 0 Å². The Balaban J connectivity index is 2.28. The molecule has 1 aliphatic heterocycles. The molecule has 0 aliphatic carbocycles. The third-order valence-electron chi connectivity index (χ3n) is 3.71. The van der Waals surface area contributed by atoms with Crippen LogP contribution in [0.15, 0.2) is 12.1 Å². The summed E-state index contributed by atoms with van der Waals surface area (Å²) in [5.41, 5.74) is 0.885. The first kappa shape index (κ1) is 14.9. The van der Waals surface area contributed by atoms with E-state index in [1.807, 2.05) is 0 Å². The van der Waals surface area contributed by atoms with E-state index < -0.39 is 5.82 Å². The van der Waals surface area contributed by atoms with Crippen molar-refractivity contribution >= 4 is 28.9 Å². The van der Waals surface area contributed by atoms with E-state index in [4.69, 9.17) is 23.2 Å². The van der Waals surface area contributed by atoms with E-state index in [0.717, 1.165) is 18.8 Å². The van der Waals surface area contributed by atoms with Gasteiger partial charge < -0.3 is 10.2 Å². The van der Waals surface area contributed by atoms with Crippen LogP contribution in [0.5, 0.6) is 0 Å². The van der Waals surface area contributed by atoms with Gasteiger partial charge in [-0.15, -0.1) is 0 Å². The van der Waals surface area contributed by atoms with Gasteiger partial charge >= 0.3 is 0 Å². The van der Waals surface area contributed by atoms with Crippen LogP contribution in [0.3, 0.4) is 0 Å². The molecule has 5 heteroatoms. The van der Waals surface area contributed by atoms with Crippen LogP contribution in [0, 0.1) is 11.7 Å². The fourth-order valence-electron chi connectivity index (χ4n) is 2.40. The van der Waals surface area contributed by atoms with Crippen molar-refractivity contribution in [2.75, 3.05) is 18.0 Å². The molecule has 1 N–H and O–H groups in total. The fraction of sp³-hybridized carbons (Fsp3) is 0.571. The Labute approximate surface area is 123 Å². The first-order valence-corrected chi connectivity index (χ1v) is 7.30. The maximum absolute atomic E-state index is 13.5. The number of rotatable bonds is 2. The Bertz CT molecular complexity index is 442. The molecule has 1 aromatic rings. The summed E-state index contributed by atoms with van der Waals surface area (Å²) in [7, 11) is 0. The van der Waals surface area contributed by atoms with Crippen LogP contribution >= 0.6 is 23.2 Å². The van der Waals surface area contributed by atoms with Gasteiger partial charge in [0.1, 0.15) is 0 Å². The van der Waals surface area contributed by atoms with Crippen LogP contribution in [0.4, 0.5) is 10.1 Å². The smallest absolute Gasteiger partial charge is 0.160 e. The molecule has 2 unspecified atom stereocenters. The zero-order valence-electron chi connectivity index (χ0n) is 11.4. The molecule has 1 aromatic carbocycles. The van der Waals surface area contributed by atoms with Gasteiger partial charge in [-0.1, -0.05) is 37.0 Å². The highest BCUT2D eigenvalue weighted by atomic mass is 35.5. The molecule has 106 valence electrons. The largest absolute Gasteiger partial charge is 0.366 e. The summed E-state index contributed by atoms with van der Waals surface area (Å²) in [6, 6.07) is 4.05. The lowest BCUT2D eigenvalue weighted by atomic mass is 9.99. The first-order chi connectivity index (χ1) is 8.90. The van der Waals surface area contributed by atoms with Crippen LogP contribution in [0.1, 0.15) is 20.8 Å². The quantitative estimate of drug-likeness (QED) is 0.832. The Morgan fingerprint density at radius 1 is 1.32 bits per heavy atom. The molecule has 1 saturated heterocycles. The summed E-state index contributed by atoms with van der Waals surface area (Å²) in [4.78, 5) is 2.23. The maximum atomic E-state index is 13.5. The monoisotopic (exact) mass is 304 g/mol. The van der Waals surface area contributed by atoms with Gasteiger partial charge in [-0.2, -0.15) is 0 Å². The highest BCUT2D eigenvalue weighted by Gasteiger charge is 2.27. The van der Waals surface area contributed by atoms with Crippen molar-refractivity contribution in [2.45, 2.75) is 32.9 Å². The highest BCUT2D eigenvalue weighted by Crippen LogP contribution is 2.31. The van der Waals surface area contributed by atoms with Crippen molar-refractivity contribution in [1.82, 2.24) is 5.32 Å². The molecule has 0 spiro atoms. The fourth-order valence-corrected chi connectivity index (χ4v) is 2.88. The third-order valence-corrected chi connectivity index (χ3v) is 4.26. The summed E-state index contributed by atoms with van der Waals surface area (Å²) >= 11 is 11.8. The van der Waals surface area contributed by atoms with Crippen LogP contribution in [-0.4, -0.2) is 25.2 Å². The van der Waals surface area contributed by atoms with Gasteiger partial charge in [-0.05, 0) is 25.0 Å². The van der Waals surface area contributed by atoms with E-state index in [-0.39, 0.29) is 10.0 Å². The molecular weight excluding hydrogens is 286 g/mol. The number of benzene rings is 1. The molecule has 0 amide bonds. The van der Waals surface area contributed by atoms with Gasteiger partial charge in [0.2, 0.25) is 0 Å². The topological polar surface area (TPSA) is 15.3 Å². The van der Waals surface area contributed by atoms with Gasteiger partial charge in [-0.25, -0.2) is 4.39 Å². The summed E-state index contributed by atoms with van der Waals surface area (Å²) in [5, 5.41) is 3.68. The second-order valence-corrected chi connectivity index (χ2v) is 6.30. The number of hydrogen-bond acceptors (Lipinski definition) is 2. The van der Waals surface area contributed by atoms with Crippen molar-refractivity contribution in [3.63, 3.8) is 0 Å². The van der Waals surface area contributed by atoms with Crippen LogP contribution in [-0.2, 0) is 0 Å². The lowest BCUT2D eigenvalue weighted by molar-refractivity contribution is 0.337. The predicted molar refractivity (Wildman–Crippen MR) is 79.9 cm³/mol. The van der Waals surface area contributed by atoms with Gasteiger partial charge in [-0.3, -0.25) is 0 Å². The molecule has 1 fully saturated rings. The van der Waals surface area contributed by atoms with Crippen molar-refractivity contribution in [2.24, 2.45) is 5.92 Å². The van der Waals surface area contributed by atoms with Crippen LogP contribution in [0.2, 0.25) is 10.0 Å². The van der Waals surface area contributed by atoms with Crippen LogP contribution < -0.4 is 10.2 Å². The second-order valence-electron chi connectivity index (χ2n) is 5.48. The minimum Gasteiger partial charge on any atom is -0.366 e. The van der Waals surface area contributed by atoms with E-state index in [0.29, 0.717) is 18.0 Å². The lowest BCUT2D eigenvalue weighted by Crippen LogP contribution is -2.57. The zero-order chi connectivity index (χ0) is 14.2. The molecule has 1 heterocycles. The standard InChI is InChI=1S/C14H19Cl2FN2/c1-8(2)13-7-19(9(3)6-18-13)10-4-11(15)14(17)12(16)5-10/h4-5,8-9,13,18H,6-7H2,1-3H3. The minimum atomic E-state index is -0.546. The predicted octanol–water partition coefficient (Wildman–Crippen LogP) is 3.96. The van der Waals surface area contributed by atoms with Gasteiger partial charge in [0, 0.05) is 30.9 Å². The molecule has 19 heavy (non-hydrogen) atoms. The molecule has 2 rings (SSSR count). The number of nitrogens with one attached hydrogen (secondary N) is 1. The molecule has 2 nitrogen and oxygen atoms in total. The van der Waals surface area contributed by atoms with E-state index in [1.54, 1.807) is 12.1 Å². The van der Waals surface area contributed by atoms with Crippen molar-refractivity contribution in [3.8, 4) is 0 Å². The Kier molecular flexibility index (Phi) is 4.59. The van der Waals surface area contributed by atoms with E-state index in [9.17, 15) is 4.39 Å². The normalized spacial score (nSPS) is 24.1. The SMILES string of the molecule is CC(C)C1CN(c2cc(Cl)c(F)c(Cl)c2)C(C)CN1. The molecular formula is C14H19Cl2FN2. The summed E-state index contributed by atoms with van der Waals surface area (Å²) in [5.74, 6) is -0.00308. The van der Waals surface area contributed by atoms with Gasteiger partial charge in [0.05, 0.1) is 10.0 Å². The van der Waals surface area contributed by atoms with Gasteiger partial charge in [0.15, 0.2) is 5.82 Å². The second kappa shape index (κ2) is 5.86. The van der Waals surface area contributed by atoms with Crippen LogP contribution in [0.25, 0.3) is 0 Å². The first-order valence-electron chi connectivity index (χ1n) is 6.54. The van der Waals surface area contributed by atoms with E-state index in [1.165, 1.54) is 0 Å². The number of hydrogen-bond donors (Lipinski definition) is 1. The van der Waals surface area contributed by atoms with E-state index >= 15 is 0 Å². The lowest BCUT2D eigenvalue weighted by Gasteiger charge is -2.42. The number of piperazine rings is 1. The molecule has 0 aromatic heterocycles. The Morgan fingerprint density at radius 3 is 2.42 bits per heavy atom. The highest BCUT2D eigenvalue weighted by molar-refractivity contribution is 6.35. The number of anilines is 1. The zero-order valence-corrected chi connectivity index (χ0v) is 12.9. The number of halogens is 3. The maximum Gasteiger partial charge on any atom is 0.160 e. The molecule has 0 saturated carbocycles. The third kappa shape index (κ3) is 3.15. The summed E-state index contributed by atoms with van der Waals surface area (Å²) in [6.07, 6.45) is 0. The summed E-state index contributed by atoms with van der Waals surface area (Å²) < 4.78 is 13.5. The Hall–Kier alpha value is -0.510. The molecule has 1 aliphatic rings. The molecule has 0 bridgehead atoms. The van der Waals surface area contributed by atoms with Crippen molar-refractivity contribution in [1.29, 1.82) is 0 Å². The molecule has 0 radical (unpaired) electrons.